The number of fused-ring (bicyclic) bond motifs is 7. The molecule has 1 saturated heterocycles. The second-order valence-electron chi connectivity index (χ2n) is 22.5. The van der Waals surface area contributed by atoms with Gasteiger partial charge in [0.05, 0.1) is 31.2 Å². The van der Waals surface area contributed by atoms with Crippen LogP contribution in [0, 0.1) is 56.7 Å². The number of aliphatic carboxylic acids is 4. The van der Waals surface area contributed by atoms with Gasteiger partial charge in [0.15, 0.2) is 0 Å². The zero-order valence-corrected chi connectivity index (χ0v) is 39.9. The van der Waals surface area contributed by atoms with Crippen LogP contribution in [0.4, 0.5) is 0 Å². The van der Waals surface area contributed by atoms with E-state index in [4.69, 9.17) is 0 Å². The largest absolute Gasteiger partial charge is 0.480 e. The molecule has 1 heterocycles. The molecule has 15 nitrogen and oxygen atoms in total. The topological polar surface area (TPSA) is 211 Å². The third-order valence-corrected chi connectivity index (χ3v) is 19.0. The zero-order valence-electron chi connectivity index (χ0n) is 39.9. The number of carboxylic acids is 4. The third-order valence-electron chi connectivity index (χ3n) is 19.0. The van der Waals surface area contributed by atoms with Crippen LogP contribution in [0.25, 0.3) is 0 Å². The molecule has 0 bridgehead atoms. The number of carbonyl (C=O) groups excluding carboxylic acids is 1. The summed E-state index contributed by atoms with van der Waals surface area (Å²) >= 11 is 0. The van der Waals surface area contributed by atoms with Crippen molar-refractivity contribution in [3.8, 4) is 0 Å². The van der Waals surface area contributed by atoms with E-state index in [-0.39, 0.29) is 118 Å². The maximum absolute atomic E-state index is 14.9. The smallest absolute Gasteiger partial charge is 0.320 e. The van der Waals surface area contributed by atoms with E-state index in [0.29, 0.717) is 36.6 Å². The monoisotopic (exact) mass is 900 g/mol. The molecule has 3 unspecified atom stereocenters. The van der Waals surface area contributed by atoms with Crippen molar-refractivity contribution < 1.29 is 49.5 Å². The summed E-state index contributed by atoms with van der Waals surface area (Å²) in [5.74, 6) is -2.19. The Hall–Kier alpha value is -3.11. The van der Waals surface area contributed by atoms with Gasteiger partial charge in [-0.25, -0.2) is 0 Å². The SMILES string of the molecule is C[C@@H]1[C@H](C)CC[C@@]2(C(=O)NCCCC(C(=O)O)N3CCN(CC(=O)O)CCN(CC(=O)O)CCN(CC(=O)O)CC3)CC[C@]3(C)C(=CCC4[C@]5(C)CC[C@@H](O)C(C)(C)C5CC[C@@]43C)[C@@H]12. The molecule has 6 rings (SSSR count). The van der Waals surface area contributed by atoms with Crippen molar-refractivity contribution in [3.05, 3.63) is 11.6 Å². The van der Waals surface area contributed by atoms with Crippen LogP contribution < -0.4 is 5.32 Å². The Labute approximate surface area is 381 Å². The Morgan fingerprint density at radius 2 is 1.25 bits per heavy atom. The summed E-state index contributed by atoms with van der Waals surface area (Å²) < 4.78 is 0. The lowest BCUT2D eigenvalue weighted by atomic mass is 9.33. The molecule has 5 aliphatic carbocycles. The molecule has 0 spiro atoms. The molecule has 64 heavy (non-hydrogen) atoms. The normalized spacial score (nSPS) is 38.3. The highest BCUT2D eigenvalue weighted by atomic mass is 16.4. The number of carboxylic acid groups (broad SMARTS) is 4. The Morgan fingerprint density at radius 3 is 1.78 bits per heavy atom. The number of nitrogens with one attached hydrogen (secondary N) is 1. The fraction of sp³-hybridized carbons (Fsp3) is 0.857. The quantitative estimate of drug-likeness (QED) is 0.108. The van der Waals surface area contributed by atoms with Gasteiger partial charge in [0.25, 0.3) is 0 Å². The minimum Gasteiger partial charge on any atom is -0.480 e. The third kappa shape index (κ3) is 9.67. The van der Waals surface area contributed by atoms with Gasteiger partial charge in [-0.2, -0.15) is 0 Å². The summed E-state index contributed by atoms with van der Waals surface area (Å²) in [6.07, 6.45) is 11.7. The molecule has 5 fully saturated rings. The first kappa shape index (κ1) is 50.3. The highest BCUT2D eigenvalue weighted by molar-refractivity contribution is 5.84. The molecule has 0 radical (unpaired) electrons. The molecule has 6 aliphatic rings. The van der Waals surface area contributed by atoms with E-state index < -0.39 is 35.3 Å². The van der Waals surface area contributed by atoms with Gasteiger partial charge >= 0.3 is 23.9 Å². The fourth-order valence-corrected chi connectivity index (χ4v) is 14.9. The Bertz CT molecular complexity index is 1740. The predicted octanol–water partition coefficient (Wildman–Crippen LogP) is 4.83. The molecule has 0 aromatic rings. The van der Waals surface area contributed by atoms with Gasteiger partial charge in [-0.15, -0.1) is 0 Å². The second kappa shape index (κ2) is 19.6. The maximum atomic E-state index is 14.9. The summed E-state index contributed by atoms with van der Waals surface area (Å²) in [6, 6.07) is -0.949. The first-order valence-electron chi connectivity index (χ1n) is 24.5. The van der Waals surface area contributed by atoms with Gasteiger partial charge in [-0.05, 0) is 122 Å². The number of allylic oxidation sites excluding steroid dienone is 2. The summed E-state index contributed by atoms with van der Waals surface area (Å²) in [6.45, 7) is 18.2. The molecule has 11 atom stereocenters. The molecule has 4 saturated carbocycles. The fourth-order valence-electron chi connectivity index (χ4n) is 14.9. The minimum absolute atomic E-state index is 0.0431. The van der Waals surface area contributed by atoms with Gasteiger partial charge < -0.3 is 30.8 Å². The van der Waals surface area contributed by atoms with Crippen molar-refractivity contribution in [1.29, 1.82) is 0 Å². The maximum Gasteiger partial charge on any atom is 0.320 e. The van der Waals surface area contributed by atoms with E-state index in [1.807, 2.05) is 0 Å². The number of rotatable bonds is 13. The molecule has 1 aliphatic heterocycles. The van der Waals surface area contributed by atoms with E-state index in [1.165, 1.54) is 5.57 Å². The molecule has 1 amide bonds. The van der Waals surface area contributed by atoms with Crippen LogP contribution in [0.15, 0.2) is 11.6 Å². The van der Waals surface area contributed by atoms with Crippen LogP contribution in [0.3, 0.4) is 0 Å². The standard InChI is InChI=1S/C49H81N5O10/c1-32-12-17-49(19-18-47(6)34(42(49)33(32)2)10-11-37-46(5)15-14-38(55)45(3,4)36(46)13-16-48(37,47)7)44(64)50-20-8-9-35(43(62)63)54-27-25-52(30-40(58)59)23-21-51(29-39(56)57)22-24-53(26-28-54)31-41(60)61/h10,32-33,35-38,42,55H,8-9,11-31H2,1-7H3,(H,50,64)(H,56,57)(H,58,59)(H,60,61)(H,62,63)/t32-,33-,35?,36?,37?,38-,42-,46-,47-,48+,49-/m1/s1. The van der Waals surface area contributed by atoms with Gasteiger partial charge in [0, 0.05) is 58.9 Å². The van der Waals surface area contributed by atoms with E-state index >= 15 is 0 Å². The lowest BCUT2D eigenvalue weighted by Gasteiger charge is -2.71. The Kier molecular flexibility index (Phi) is 15.4. The summed E-state index contributed by atoms with van der Waals surface area (Å²) in [7, 11) is 0. The highest BCUT2D eigenvalue weighted by Gasteiger charge is 2.69. The van der Waals surface area contributed by atoms with Crippen molar-refractivity contribution in [2.75, 3.05) is 78.5 Å². The average molecular weight is 900 g/mol. The molecule has 0 aromatic carbocycles. The number of aliphatic hydroxyl groups excluding tert-OH is 1. The van der Waals surface area contributed by atoms with Crippen molar-refractivity contribution in [3.63, 3.8) is 0 Å². The van der Waals surface area contributed by atoms with Crippen molar-refractivity contribution in [2.45, 2.75) is 131 Å². The average Bonchev–Trinajstić information content (AvgIpc) is 3.20. The number of hydrogen-bond acceptors (Lipinski definition) is 10. The van der Waals surface area contributed by atoms with Crippen LogP contribution in [0.1, 0.15) is 119 Å². The number of nitrogens with zero attached hydrogens (tertiary/aromatic N) is 4. The lowest BCUT2D eigenvalue weighted by Crippen LogP contribution is -2.66. The van der Waals surface area contributed by atoms with E-state index in [0.717, 1.165) is 57.8 Å². The van der Waals surface area contributed by atoms with Crippen LogP contribution in [0.2, 0.25) is 0 Å². The van der Waals surface area contributed by atoms with Crippen molar-refractivity contribution >= 4 is 29.8 Å². The summed E-state index contributed by atoms with van der Waals surface area (Å²) in [5, 5.41) is 53.9. The molecular formula is C49H81N5O10. The number of carbonyl (C=O) groups is 5. The van der Waals surface area contributed by atoms with Crippen LogP contribution >= 0.6 is 0 Å². The van der Waals surface area contributed by atoms with Crippen molar-refractivity contribution in [2.24, 2.45) is 56.7 Å². The first-order valence-corrected chi connectivity index (χ1v) is 24.5. The van der Waals surface area contributed by atoms with Gasteiger partial charge in [0.1, 0.15) is 6.04 Å². The zero-order chi connectivity index (χ0) is 47.0. The predicted molar refractivity (Wildman–Crippen MR) is 242 cm³/mol. The highest BCUT2D eigenvalue weighted by Crippen LogP contribution is 2.75. The van der Waals surface area contributed by atoms with E-state index in [9.17, 15) is 49.5 Å². The van der Waals surface area contributed by atoms with Gasteiger partial charge in [-0.3, -0.25) is 43.6 Å². The Balaban J connectivity index is 1.17. The van der Waals surface area contributed by atoms with E-state index in [2.05, 4.69) is 59.9 Å². The first-order chi connectivity index (χ1) is 30.0. The second-order valence-corrected chi connectivity index (χ2v) is 22.5. The van der Waals surface area contributed by atoms with Gasteiger partial charge in [-0.1, -0.05) is 60.1 Å². The number of amides is 1. The van der Waals surface area contributed by atoms with Crippen LogP contribution in [-0.2, 0) is 24.0 Å². The van der Waals surface area contributed by atoms with E-state index in [1.54, 1.807) is 19.6 Å². The Morgan fingerprint density at radius 1 is 0.703 bits per heavy atom. The molecule has 0 aromatic heterocycles. The van der Waals surface area contributed by atoms with Crippen molar-refractivity contribution in [1.82, 2.24) is 24.9 Å². The van der Waals surface area contributed by atoms with Gasteiger partial charge in [0.2, 0.25) is 5.91 Å². The number of hydrogen-bond donors (Lipinski definition) is 6. The van der Waals surface area contributed by atoms with Crippen LogP contribution in [0.5, 0.6) is 0 Å². The molecule has 362 valence electrons. The molecule has 15 heteroatoms. The number of aliphatic hydroxyl groups is 1. The lowest BCUT2D eigenvalue weighted by molar-refractivity contribution is -0.204. The minimum atomic E-state index is -1.04. The van der Waals surface area contributed by atoms with Crippen LogP contribution in [-0.4, -0.2) is 166 Å². The summed E-state index contributed by atoms with van der Waals surface area (Å²) in [4.78, 5) is 69.9. The summed E-state index contributed by atoms with van der Waals surface area (Å²) in [5.41, 5.74) is 1.00. The molecule has 6 N–H and O–H groups in total. The molecular weight excluding hydrogens is 819 g/mol.